The normalized spacial score (nSPS) is 19.4. The summed E-state index contributed by atoms with van der Waals surface area (Å²) in [6, 6.07) is 8.37. The average Bonchev–Trinajstić information content (AvgIpc) is 2.98. The highest BCUT2D eigenvalue weighted by Crippen LogP contribution is 2.40. The number of benzene rings is 1. The Morgan fingerprint density at radius 2 is 2.08 bits per heavy atom. The minimum atomic E-state index is 0.115. The molecule has 2 aromatic rings. The number of carbonyl (C=O) groups is 1. The molecule has 1 aromatic carbocycles. The second kappa shape index (κ2) is 6.02. The molecule has 1 amide bonds. The molecule has 0 saturated carbocycles. The van der Waals surface area contributed by atoms with Gasteiger partial charge < -0.3 is 19.3 Å². The SMILES string of the molecule is CC(=O)N1CCc2c(c(N3CCOc4ccccc43)nn2C2COC2)C1. The van der Waals surface area contributed by atoms with E-state index >= 15 is 0 Å². The van der Waals surface area contributed by atoms with Crippen molar-refractivity contribution in [3.63, 3.8) is 0 Å². The number of anilines is 2. The summed E-state index contributed by atoms with van der Waals surface area (Å²) in [6.45, 7) is 5.81. The van der Waals surface area contributed by atoms with Gasteiger partial charge in [0.25, 0.3) is 0 Å². The second-order valence-corrected chi connectivity index (χ2v) is 7.04. The molecule has 0 unspecified atom stereocenters. The van der Waals surface area contributed by atoms with Crippen molar-refractivity contribution in [3.05, 3.63) is 35.5 Å². The van der Waals surface area contributed by atoms with Gasteiger partial charge >= 0.3 is 0 Å². The zero-order valence-electron chi connectivity index (χ0n) is 14.9. The van der Waals surface area contributed by atoms with Crippen LogP contribution in [-0.4, -0.2) is 53.5 Å². The summed E-state index contributed by atoms with van der Waals surface area (Å²) in [4.78, 5) is 16.1. The zero-order valence-corrected chi connectivity index (χ0v) is 14.9. The molecule has 3 aliphatic heterocycles. The molecule has 4 heterocycles. The van der Waals surface area contributed by atoms with Gasteiger partial charge in [0.1, 0.15) is 12.4 Å². The summed E-state index contributed by atoms with van der Waals surface area (Å²) in [5, 5.41) is 5.00. The van der Waals surface area contributed by atoms with Gasteiger partial charge in [-0.1, -0.05) is 12.1 Å². The van der Waals surface area contributed by atoms with Gasteiger partial charge in [-0.25, -0.2) is 0 Å². The minimum Gasteiger partial charge on any atom is -0.490 e. The molecular weight excluding hydrogens is 332 g/mol. The van der Waals surface area contributed by atoms with Crippen molar-refractivity contribution >= 4 is 17.4 Å². The highest BCUT2D eigenvalue weighted by atomic mass is 16.5. The summed E-state index contributed by atoms with van der Waals surface area (Å²) in [7, 11) is 0. The number of para-hydroxylation sites is 2. The van der Waals surface area contributed by atoms with E-state index in [1.807, 2.05) is 23.1 Å². The summed E-state index contributed by atoms with van der Waals surface area (Å²) in [5.74, 6) is 1.95. The lowest BCUT2D eigenvalue weighted by Gasteiger charge is -2.32. The molecule has 1 fully saturated rings. The van der Waals surface area contributed by atoms with Gasteiger partial charge in [-0.3, -0.25) is 9.48 Å². The van der Waals surface area contributed by atoms with Crippen LogP contribution in [0.4, 0.5) is 11.5 Å². The Morgan fingerprint density at radius 1 is 1.23 bits per heavy atom. The molecule has 7 heteroatoms. The summed E-state index contributed by atoms with van der Waals surface area (Å²) < 4.78 is 13.3. The van der Waals surface area contributed by atoms with Gasteiger partial charge in [0.05, 0.1) is 38.0 Å². The largest absolute Gasteiger partial charge is 0.490 e. The lowest BCUT2D eigenvalue weighted by Crippen LogP contribution is -2.37. The number of aromatic nitrogens is 2. The molecule has 1 saturated heterocycles. The topological polar surface area (TPSA) is 59.8 Å². The van der Waals surface area contributed by atoms with E-state index in [9.17, 15) is 4.79 Å². The van der Waals surface area contributed by atoms with Crippen LogP contribution in [0.5, 0.6) is 5.75 Å². The molecule has 7 nitrogen and oxygen atoms in total. The number of nitrogens with zero attached hydrogens (tertiary/aromatic N) is 4. The molecule has 136 valence electrons. The fourth-order valence-electron chi connectivity index (χ4n) is 3.97. The number of hydrogen-bond acceptors (Lipinski definition) is 5. The van der Waals surface area contributed by atoms with Gasteiger partial charge in [-0.2, -0.15) is 5.10 Å². The lowest BCUT2D eigenvalue weighted by atomic mass is 10.1. The van der Waals surface area contributed by atoms with Crippen molar-refractivity contribution in [1.29, 1.82) is 0 Å². The number of carbonyl (C=O) groups excluding carboxylic acids is 1. The van der Waals surface area contributed by atoms with Crippen molar-refractivity contribution in [2.75, 3.05) is 37.8 Å². The van der Waals surface area contributed by atoms with Crippen LogP contribution in [0.25, 0.3) is 0 Å². The summed E-state index contributed by atoms with van der Waals surface area (Å²) in [6.07, 6.45) is 0.838. The first kappa shape index (κ1) is 15.7. The molecular formula is C19H22N4O3. The van der Waals surface area contributed by atoms with Crippen LogP contribution in [0, 0.1) is 0 Å². The van der Waals surface area contributed by atoms with Gasteiger partial charge in [0.15, 0.2) is 5.82 Å². The summed E-state index contributed by atoms with van der Waals surface area (Å²) >= 11 is 0. The van der Waals surface area contributed by atoms with E-state index in [1.54, 1.807) is 6.92 Å². The molecule has 0 bridgehead atoms. The van der Waals surface area contributed by atoms with Gasteiger partial charge in [-0.05, 0) is 12.1 Å². The highest BCUT2D eigenvalue weighted by Gasteiger charge is 2.34. The quantitative estimate of drug-likeness (QED) is 0.824. The Kier molecular flexibility index (Phi) is 3.63. The van der Waals surface area contributed by atoms with Crippen molar-refractivity contribution in [1.82, 2.24) is 14.7 Å². The first-order chi connectivity index (χ1) is 12.7. The maximum absolute atomic E-state index is 11.9. The Balaban J connectivity index is 1.61. The molecule has 0 spiro atoms. The van der Waals surface area contributed by atoms with Crippen LogP contribution < -0.4 is 9.64 Å². The lowest BCUT2D eigenvalue weighted by molar-refractivity contribution is -0.129. The van der Waals surface area contributed by atoms with Crippen LogP contribution in [0.1, 0.15) is 24.2 Å². The van der Waals surface area contributed by atoms with Crippen LogP contribution in [0.2, 0.25) is 0 Å². The van der Waals surface area contributed by atoms with Crippen LogP contribution in [0.15, 0.2) is 24.3 Å². The van der Waals surface area contributed by atoms with Gasteiger partial charge in [0.2, 0.25) is 5.91 Å². The molecule has 3 aliphatic rings. The van der Waals surface area contributed by atoms with Crippen molar-refractivity contribution in [2.45, 2.75) is 25.9 Å². The van der Waals surface area contributed by atoms with E-state index in [0.717, 1.165) is 42.3 Å². The Morgan fingerprint density at radius 3 is 2.85 bits per heavy atom. The minimum absolute atomic E-state index is 0.115. The first-order valence-electron chi connectivity index (χ1n) is 9.15. The monoisotopic (exact) mass is 354 g/mol. The number of fused-ring (bicyclic) bond motifs is 2. The molecule has 0 radical (unpaired) electrons. The van der Waals surface area contributed by atoms with E-state index in [1.165, 1.54) is 5.69 Å². The molecule has 1 aromatic heterocycles. The average molecular weight is 354 g/mol. The van der Waals surface area contributed by atoms with Crippen molar-refractivity contribution in [3.8, 4) is 5.75 Å². The zero-order chi connectivity index (χ0) is 17.7. The van der Waals surface area contributed by atoms with Gasteiger partial charge in [-0.15, -0.1) is 0 Å². The fourth-order valence-corrected chi connectivity index (χ4v) is 3.97. The standard InChI is InChI=1S/C19H22N4O3/c1-13(24)21-7-6-16-15(10-21)19(20-23(16)14-11-25-12-14)22-8-9-26-18-5-3-2-4-17(18)22/h2-5,14H,6-12H2,1H3. The van der Waals surface area contributed by atoms with E-state index in [-0.39, 0.29) is 5.91 Å². The highest BCUT2D eigenvalue weighted by molar-refractivity contribution is 5.75. The van der Waals surface area contributed by atoms with Crippen LogP contribution in [0.3, 0.4) is 0 Å². The van der Waals surface area contributed by atoms with Crippen molar-refractivity contribution < 1.29 is 14.3 Å². The van der Waals surface area contributed by atoms with E-state index in [0.29, 0.717) is 32.4 Å². The van der Waals surface area contributed by atoms with E-state index in [2.05, 4.69) is 15.6 Å². The maximum atomic E-state index is 11.9. The van der Waals surface area contributed by atoms with E-state index < -0.39 is 0 Å². The third-order valence-electron chi connectivity index (χ3n) is 5.46. The third-order valence-corrected chi connectivity index (χ3v) is 5.46. The molecule has 0 atom stereocenters. The molecule has 26 heavy (non-hydrogen) atoms. The van der Waals surface area contributed by atoms with Crippen LogP contribution in [-0.2, 0) is 22.5 Å². The number of amides is 1. The number of hydrogen-bond donors (Lipinski definition) is 0. The molecule has 0 N–H and O–H groups in total. The van der Waals surface area contributed by atoms with Crippen LogP contribution >= 0.6 is 0 Å². The fraction of sp³-hybridized carbons (Fsp3) is 0.474. The first-order valence-corrected chi connectivity index (χ1v) is 9.15. The van der Waals surface area contributed by atoms with E-state index in [4.69, 9.17) is 14.6 Å². The predicted molar refractivity (Wildman–Crippen MR) is 95.8 cm³/mol. The Labute approximate surface area is 152 Å². The Bertz CT molecular complexity index is 858. The predicted octanol–water partition coefficient (Wildman–Crippen LogP) is 1.89. The number of ether oxygens (including phenoxy) is 2. The Hall–Kier alpha value is -2.54. The summed E-state index contributed by atoms with van der Waals surface area (Å²) in [5.41, 5.74) is 3.45. The van der Waals surface area contributed by atoms with Gasteiger partial charge in [0, 0.05) is 31.1 Å². The third kappa shape index (κ3) is 2.38. The van der Waals surface area contributed by atoms with Crippen molar-refractivity contribution in [2.24, 2.45) is 0 Å². The maximum Gasteiger partial charge on any atom is 0.219 e. The molecule has 5 rings (SSSR count). The smallest absolute Gasteiger partial charge is 0.219 e. The molecule has 0 aliphatic carbocycles. The second-order valence-electron chi connectivity index (χ2n) is 7.04. The number of rotatable bonds is 2.